The Morgan fingerprint density at radius 3 is 2.77 bits per heavy atom. The molecule has 0 bridgehead atoms. The number of rotatable bonds is 1. The average Bonchev–Trinajstić information content (AvgIpc) is 2.12. The van der Waals surface area contributed by atoms with Crippen molar-refractivity contribution in [3.05, 3.63) is 21.7 Å². The summed E-state index contributed by atoms with van der Waals surface area (Å²) in [5, 5.41) is 0. The summed E-state index contributed by atoms with van der Waals surface area (Å²) in [7, 11) is 1.27. The summed E-state index contributed by atoms with van der Waals surface area (Å²) >= 11 is 3.09. The van der Waals surface area contributed by atoms with Crippen molar-refractivity contribution in [2.24, 2.45) is 0 Å². The Morgan fingerprint density at radius 2 is 2.23 bits per heavy atom. The Morgan fingerprint density at radius 1 is 1.62 bits per heavy atom. The molecular formula is C9H9BrO3. The number of methoxy groups -OCH3 is 1. The third-order valence-electron chi connectivity index (χ3n) is 1.85. The van der Waals surface area contributed by atoms with E-state index in [1.165, 1.54) is 7.11 Å². The number of halogens is 1. The molecule has 0 spiro atoms. The van der Waals surface area contributed by atoms with Gasteiger partial charge in [-0.05, 0) is 29.3 Å². The Bertz CT molecular complexity index is 326. The minimum atomic E-state index is -0.562. The fourth-order valence-corrected chi connectivity index (χ4v) is 1.48. The highest BCUT2D eigenvalue weighted by atomic mass is 79.9. The van der Waals surface area contributed by atoms with Gasteiger partial charge in [-0.25, -0.2) is 4.79 Å². The molecule has 1 aliphatic rings. The second-order valence-electron chi connectivity index (χ2n) is 2.73. The van der Waals surface area contributed by atoms with E-state index in [4.69, 9.17) is 0 Å². The fourth-order valence-electron chi connectivity index (χ4n) is 1.12. The van der Waals surface area contributed by atoms with Gasteiger partial charge in [-0.3, -0.25) is 4.79 Å². The molecule has 0 N–H and O–H groups in total. The molecular weight excluding hydrogens is 236 g/mol. The number of esters is 1. The zero-order valence-electron chi connectivity index (χ0n) is 7.39. The van der Waals surface area contributed by atoms with Crippen LogP contribution in [0.25, 0.3) is 0 Å². The van der Waals surface area contributed by atoms with E-state index in [2.05, 4.69) is 20.7 Å². The first-order valence-electron chi connectivity index (χ1n) is 3.76. The van der Waals surface area contributed by atoms with Crippen LogP contribution in [0.3, 0.4) is 0 Å². The molecule has 1 rings (SSSR count). The number of carbonyl (C=O) groups is 2. The molecule has 3 nitrogen and oxygen atoms in total. The van der Waals surface area contributed by atoms with Crippen molar-refractivity contribution in [3.8, 4) is 0 Å². The lowest BCUT2D eigenvalue weighted by atomic mass is 9.97. The molecule has 1 aliphatic carbocycles. The Kier molecular flexibility index (Phi) is 3.03. The van der Waals surface area contributed by atoms with Crippen molar-refractivity contribution in [2.45, 2.75) is 13.3 Å². The summed E-state index contributed by atoms with van der Waals surface area (Å²) in [5.74, 6) is -0.858. The van der Waals surface area contributed by atoms with E-state index >= 15 is 0 Å². The summed E-state index contributed by atoms with van der Waals surface area (Å²) in [4.78, 5) is 22.6. The van der Waals surface area contributed by atoms with E-state index < -0.39 is 5.97 Å². The molecule has 0 aromatic heterocycles. The normalized spacial score (nSPS) is 17.2. The van der Waals surface area contributed by atoms with Crippen LogP contribution in [-0.2, 0) is 14.3 Å². The van der Waals surface area contributed by atoms with Crippen molar-refractivity contribution in [1.82, 2.24) is 0 Å². The summed E-state index contributed by atoms with van der Waals surface area (Å²) in [5.41, 5.74) is 0.900. The SMILES string of the molecule is COC(=O)C1=C(C)CC=C(Br)C1=O. The molecule has 0 saturated heterocycles. The average molecular weight is 245 g/mol. The largest absolute Gasteiger partial charge is 0.465 e. The van der Waals surface area contributed by atoms with Crippen LogP contribution in [0.4, 0.5) is 0 Å². The van der Waals surface area contributed by atoms with Crippen molar-refractivity contribution in [3.63, 3.8) is 0 Å². The van der Waals surface area contributed by atoms with E-state index in [-0.39, 0.29) is 11.4 Å². The number of hydrogen-bond acceptors (Lipinski definition) is 3. The molecule has 0 aromatic rings. The third-order valence-corrected chi connectivity index (χ3v) is 2.53. The van der Waals surface area contributed by atoms with E-state index in [1.54, 1.807) is 13.0 Å². The maximum absolute atomic E-state index is 11.5. The molecule has 0 aliphatic heterocycles. The predicted octanol–water partition coefficient (Wildman–Crippen LogP) is 1.73. The van der Waals surface area contributed by atoms with Crippen LogP contribution in [0.2, 0.25) is 0 Å². The Balaban J connectivity index is 3.06. The minimum absolute atomic E-state index is 0.150. The van der Waals surface area contributed by atoms with Crippen LogP contribution >= 0.6 is 15.9 Å². The monoisotopic (exact) mass is 244 g/mol. The smallest absolute Gasteiger partial charge is 0.341 e. The van der Waals surface area contributed by atoms with Gasteiger partial charge in [0.25, 0.3) is 0 Å². The van der Waals surface area contributed by atoms with E-state index in [0.29, 0.717) is 10.9 Å². The fraction of sp³-hybridized carbons (Fsp3) is 0.333. The maximum atomic E-state index is 11.5. The predicted molar refractivity (Wildman–Crippen MR) is 51.4 cm³/mol. The van der Waals surface area contributed by atoms with E-state index in [9.17, 15) is 9.59 Å². The van der Waals surface area contributed by atoms with Gasteiger partial charge in [-0.2, -0.15) is 0 Å². The molecule has 0 unspecified atom stereocenters. The highest BCUT2D eigenvalue weighted by Crippen LogP contribution is 2.25. The van der Waals surface area contributed by atoms with E-state index in [0.717, 1.165) is 5.57 Å². The lowest BCUT2D eigenvalue weighted by Crippen LogP contribution is -2.18. The van der Waals surface area contributed by atoms with Crippen molar-refractivity contribution >= 4 is 27.7 Å². The van der Waals surface area contributed by atoms with Crippen LogP contribution < -0.4 is 0 Å². The van der Waals surface area contributed by atoms with Gasteiger partial charge in [0.2, 0.25) is 5.78 Å². The molecule has 0 radical (unpaired) electrons. The Hall–Kier alpha value is -0.900. The lowest BCUT2D eigenvalue weighted by molar-refractivity contribution is -0.137. The van der Waals surface area contributed by atoms with Gasteiger partial charge in [0.05, 0.1) is 11.6 Å². The molecule has 0 heterocycles. The summed E-state index contributed by atoms with van der Waals surface area (Å²) in [6.45, 7) is 1.75. The van der Waals surface area contributed by atoms with Crippen molar-refractivity contribution in [2.75, 3.05) is 7.11 Å². The van der Waals surface area contributed by atoms with Gasteiger partial charge >= 0.3 is 5.97 Å². The van der Waals surface area contributed by atoms with E-state index in [1.807, 2.05) is 0 Å². The van der Waals surface area contributed by atoms with Crippen molar-refractivity contribution in [1.29, 1.82) is 0 Å². The van der Waals surface area contributed by atoms with Crippen LogP contribution in [0.1, 0.15) is 13.3 Å². The van der Waals surface area contributed by atoms with Crippen molar-refractivity contribution < 1.29 is 14.3 Å². The van der Waals surface area contributed by atoms with Gasteiger partial charge in [0.1, 0.15) is 5.57 Å². The molecule has 70 valence electrons. The summed E-state index contributed by atoms with van der Waals surface area (Å²) < 4.78 is 4.94. The first-order valence-corrected chi connectivity index (χ1v) is 4.55. The second-order valence-corrected chi connectivity index (χ2v) is 3.59. The molecule has 0 saturated carbocycles. The maximum Gasteiger partial charge on any atom is 0.341 e. The van der Waals surface area contributed by atoms with Gasteiger partial charge in [-0.1, -0.05) is 11.6 Å². The number of allylic oxidation sites excluding steroid dienone is 3. The standard InChI is InChI=1S/C9H9BrO3/c1-5-3-4-6(10)8(11)7(5)9(12)13-2/h4H,3H2,1-2H3. The summed E-state index contributed by atoms with van der Waals surface area (Å²) in [6, 6.07) is 0. The highest BCUT2D eigenvalue weighted by molar-refractivity contribution is 9.12. The number of carbonyl (C=O) groups excluding carboxylic acids is 2. The molecule has 4 heteroatoms. The number of ether oxygens (including phenoxy) is 1. The number of hydrogen-bond donors (Lipinski definition) is 0. The van der Waals surface area contributed by atoms with Crippen LogP contribution in [0, 0.1) is 0 Å². The highest BCUT2D eigenvalue weighted by Gasteiger charge is 2.26. The molecule has 13 heavy (non-hydrogen) atoms. The minimum Gasteiger partial charge on any atom is -0.465 e. The number of Topliss-reactive ketones (excluding diaryl/α,β-unsaturated/α-hetero) is 1. The Labute approximate surface area is 84.6 Å². The summed E-state index contributed by atoms with van der Waals surface area (Å²) in [6.07, 6.45) is 2.35. The van der Waals surface area contributed by atoms with Gasteiger partial charge in [0, 0.05) is 0 Å². The van der Waals surface area contributed by atoms with Gasteiger partial charge in [0.15, 0.2) is 0 Å². The van der Waals surface area contributed by atoms with Crippen LogP contribution in [-0.4, -0.2) is 18.9 Å². The lowest BCUT2D eigenvalue weighted by Gasteiger charge is -2.12. The first-order chi connectivity index (χ1) is 6.07. The molecule has 0 fully saturated rings. The zero-order valence-corrected chi connectivity index (χ0v) is 8.97. The van der Waals surface area contributed by atoms with Gasteiger partial charge in [-0.15, -0.1) is 0 Å². The van der Waals surface area contributed by atoms with Gasteiger partial charge < -0.3 is 4.74 Å². The number of ketones is 1. The molecule has 0 atom stereocenters. The quantitative estimate of drug-likeness (QED) is 0.522. The topological polar surface area (TPSA) is 43.4 Å². The second kappa shape index (κ2) is 3.87. The molecule has 0 aromatic carbocycles. The third kappa shape index (κ3) is 1.88. The molecule has 0 amide bonds. The zero-order chi connectivity index (χ0) is 10.0. The van der Waals surface area contributed by atoms with Crippen LogP contribution in [0.5, 0.6) is 0 Å². The first kappa shape index (κ1) is 10.2. The van der Waals surface area contributed by atoms with Crippen LogP contribution in [0.15, 0.2) is 21.7 Å².